The minimum Gasteiger partial charge on any atom is -0.319 e. The van der Waals surface area contributed by atoms with Crippen molar-refractivity contribution in [2.75, 3.05) is 0 Å². The van der Waals surface area contributed by atoms with E-state index in [1.54, 1.807) is 25.1 Å². The molecule has 1 aromatic carbocycles. The molecule has 0 bridgehead atoms. The third-order valence-electron chi connectivity index (χ3n) is 2.51. The Kier molecular flexibility index (Phi) is 1.65. The number of halogens is 1. The number of fused-ring (bicyclic) bond motifs is 3. The van der Waals surface area contributed by atoms with Gasteiger partial charge in [-0.2, -0.15) is 5.10 Å². The fraction of sp³-hybridized carbons (Fsp3) is 0.0909. The second-order valence-corrected chi connectivity index (χ2v) is 3.67. The minimum absolute atomic E-state index is 0.265. The molecule has 0 radical (unpaired) electrons. The van der Waals surface area contributed by atoms with E-state index in [1.807, 2.05) is 0 Å². The first-order valence-corrected chi connectivity index (χ1v) is 4.84. The van der Waals surface area contributed by atoms with Gasteiger partial charge in [-0.3, -0.25) is 4.79 Å². The van der Waals surface area contributed by atoms with Crippen molar-refractivity contribution in [1.82, 2.24) is 14.6 Å². The number of rotatable bonds is 0. The monoisotopic (exact) mass is 217 g/mol. The van der Waals surface area contributed by atoms with Crippen LogP contribution in [0, 0.1) is 12.7 Å². The van der Waals surface area contributed by atoms with Crippen LogP contribution in [0.15, 0.2) is 29.1 Å². The summed E-state index contributed by atoms with van der Waals surface area (Å²) in [6.45, 7) is 1.76. The van der Waals surface area contributed by atoms with Crippen LogP contribution in [-0.2, 0) is 0 Å². The number of para-hydroxylation sites is 1. The highest BCUT2D eigenvalue weighted by Crippen LogP contribution is 2.15. The number of nitrogens with one attached hydrogen (secondary N) is 1. The quantitative estimate of drug-likeness (QED) is 0.622. The molecule has 0 saturated carbocycles. The highest BCUT2D eigenvalue weighted by Gasteiger charge is 2.10. The molecule has 3 rings (SSSR count). The largest absolute Gasteiger partial charge is 0.319 e. The molecule has 16 heavy (non-hydrogen) atoms. The molecule has 0 fully saturated rings. The molecule has 4 nitrogen and oxygen atoms in total. The van der Waals surface area contributed by atoms with Crippen molar-refractivity contribution in [2.24, 2.45) is 0 Å². The van der Waals surface area contributed by atoms with Gasteiger partial charge in [0.2, 0.25) is 0 Å². The van der Waals surface area contributed by atoms with Crippen LogP contribution in [-0.4, -0.2) is 14.6 Å². The minimum atomic E-state index is -0.401. The van der Waals surface area contributed by atoms with Gasteiger partial charge in [-0.1, -0.05) is 6.07 Å². The van der Waals surface area contributed by atoms with Gasteiger partial charge in [0.1, 0.15) is 11.0 Å². The molecule has 0 unspecified atom stereocenters. The summed E-state index contributed by atoms with van der Waals surface area (Å²) in [6.07, 6.45) is 0. The highest BCUT2D eigenvalue weighted by atomic mass is 19.1. The van der Waals surface area contributed by atoms with Crippen LogP contribution >= 0.6 is 0 Å². The summed E-state index contributed by atoms with van der Waals surface area (Å²) in [7, 11) is 0. The lowest BCUT2D eigenvalue weighted by Gasteiger charge is -2.01. The summed E-state index contributed by atoms with van der Waals surface area (Å²) in [5.74, 6) is -0.401. The van der Waals surface area contributed by atoms with Crippen LogP contribution in [0.4, 0.5) is 4.39 Å². The lowest BCUT2D eigenvalue weighted by atomic mass is 10.3. The third-order valence-corrected chi connectivity index (χ3v) is 2.51. The zero-order valence-corrected chi connectivity index (χ0v) is 8.49. The Balaban J connectivity index is 2.71. The number of aromatic nitrogens is 3. The van der Waals surface area contributed by atoms with Gasteiger partial charge in [-0.15, -0.1) is 0 Å². The van der Waals surface area contributed by atoms with Crippen LogP contribution in [0.3, 0.4) is 0 Å². The molecule has 0 atom stereocenters. The first kappa shape index (κ1) is 9.08. The highest BCUT2D eigenvalue weighted by molar-refractivity contribution is 5.78. The molecular weight excluding hydrogens is 209 g/mol. The Morgan fingerprint density at radius 1 is 1.44 bits per heavy atom. The molecule has 80 valence electrons. The van der Waals surface area contributed by atoms with Crippen molar-refractivity contribution < 1.29 is 4.39 Å². The van der Waals surface area contributed by atoms with Gasteiger partial charge < -0.3 is 4.98 Å². The van der Waals surface area contributed by atoms with Gasteiger partial charge in [0.15, 0.2) is 5.82 Å². The van der Waals surface area contributed by atoms with Gasteiger partial charge in [-0.05, 0) is 25.1 Å². The van der Waals surface area contributed by atoms with Crippen molar-refractivity contribution in [2.45, 2.75) is 6.92 Å². The lowest BCUT2D eigenvalue weighted by molar-refractivity contribution is 0.632. The first-order chi connectivity index (χ1) is 7.66. The number of aromatic amines is 1. The smallest absolute Gasteiger partial charge is 0.274 e. The summed E-state index contributed by atoms with van der Waals surface area (Å²) in [5.41, 5.74) is 1.51. The van der Waals surface area contributed by atoms with Crippen LogP contribution in [0.2, 0.25) is 0 Å². The predicted molar refractivity (Wildman–Crippen MR) is 58.0 cm³/mol. The maximum Gasteiger partial charge on any atom is 0.274 e. The van der Waals surface area contributed by atoms with E-state index in [0.717, 1.165) is 0 Å². The van der Waals surface area contributed by atoms with Gasteiger partial charge in [0.25, 0.3) is 5.56 Å². The predicted octanol–water partition coefficient (Wildman–Crippen LogP) is 1.62. The molecule has 0 aliphatic carbocycles. The molecule has 0 aliphatic rings. The maximum absolute atomic E-state index is 13.7. The van der Waals surface area contributed by atoms with Crippen molar-refractivity contribution in [3.63, 3.8) is 0 Å². The van der Waals surface area contributed by atoms with Crippen LogP contribution in [0.5, 0.6) is 0 Å². The fourth-order valence-electron chi connectivity index (χ4n) is 1.85. The van der Waals surface area contributed by atoms with E-state index in [0.29, 0.717) is 22.2 Å². The van der Waals surface area contributed by atoms with Crippen molar-refractivity contribution >= 4 is 16.6 Å². The molecule has 1 N–H and O–H groups in total. The third kappa shape index (κ3) is 1.08. The van der Waals surface area contributed by atoms with E-state index in [1.165, 1.54) is 10.6 Å². The zero-order chi connectivity index (χ0) is 11.3. The van der Waals surface area contributed by atoms with E-state index >= 15 is 0 Å². The van der Waals surface area contributed by atoms with E-state index in [4.69, 9.17) is 0 Å². The van der Waals surface area contributed by atoms with Crippen molar-refractivity contribution in [3.05, 3.63) is 46.1 Å². The maximum atomic E-state index is 13.7. The Labute approximate surface area is 89.3 Å². The van der Waals surface area contributed by atoms with Crippen molar-refractivity contribution in [3.8, 4) is 0 Å². The molecule has 0 aliphatic heterocycles. The summed E-state index contributed by atoms with van der Waals surface area (Å²) < 4.78 is 15.0. The first-order valence-electron chi connectivity index (χ1n) is 4.84. The average Bonchev–Trinajstić information content (AvgIpc) is 2.60. The van der Waals surface area contributed by atoms with Crippen molar-refractivity contribution in [1.29, 1.82) is 0 Å². The molecule has 5 heteroatoms. The lowest BCUT2D eigenvalue weighted by Crippen LogP contribution is -2.11. The summed E-state index contributed by atoms with van der Waals surface area (Å²) in [6, 6.07) is 6.17. The second-order valence-electron chi connectivity index (χ2n) is 3.67. The number of H-pyrrole nitrogens is 1. The van der Waals surface area contributed by atoms with Gasteiger partial charge in [-0.25, -0.2) is 8.91 Å². The molecule has 0 saturated heterocycles. The number of hydrogen-bond donors (Lipinski definition) is 1. The molecule has 0 spiro atoms. The topological polar surface area (TPSA) is 50.2 Å². The van der Waals surface area contributed by atoms with E-state index < -0.39 is 5.82 Å². The number of benzene rings is 1. The zero-order valence-electron chi connectivity index (χ0n) is 8.49. The van der Waals surface area contributed by atoms with E-state index in [-0.39, 0.29) is 5.56 Å². The normalized spacial score (nSPS) is 11.4. The molecule has 3 aromatic rings. The standard InChI is InChI=1S/C11H8FN3O/c1-6-5-9-11(16)13-8-4-2-3-7(12)10(8)15(9)14-6/h2-5H,1H3,(H,13,16). The van der Waals surface area contributed by atoms with Gasteiger partial charge in [0, 0.05) is 0 Å². The van der Waals surface area contributed by atoms with Gasteiger partial charge in [0.05, 0.1) is 11.2 Å². The molecule has 0 amide bonds. The Morgan fingerprint density at radius 2 is 2.25 bits per heavy atom. The molecular formula is C11H8FN3O. The molecule has 2 aromatic heterocycles. The Bertz CT molecular complexity index is 757. The Hall–Kier alpha value is -2.17. The summed E-state index contributed by atoms with van der Waals surface area (Å²) in [5, 5.41) is 4.12. The fourth-order valence-corrected chi connectivity index (χ4v) is 1.85. The molecule has 2 heterocycles. The second kappa shape index (κ2) is 2.91. The summed E-state index contributed by atoms with van der Waals surface area (Å²) in [4.78, 5) is 14.3. The van der Waals surface area contributed by atoms with Crippen LogP contribution in [0.25, 0.3) is 16.6 Å². The van der Waals surface area contributed by atoms with Gasteiger partial charge >= 0.3 is 0 Å². The average molecular weight is 217 g/mol. The SMILES string of the molecule is Cc1cc2c(=O)[nH]c3cccc(F)c3n2n1. The Morgan fingerprint density at radius 3 is 3.06 bits per heavy atom. The van der Waals surface area contributed by atoms with Crippen LogP contribution in [0.1, 0.15) is 5.69 Å². The number of nitrogens with zero attached hydrogens (tertiary/aromatic N) is 2. The number of hydrogen-bond acceptors (Lipinski definition) is 2. The van der Waals surface area contributed by atoms with E-state index in [9.17, 15) is 9.18 Å². The van der Waals surface area contributed by atoms with Crippen LogP contribution < -0.4 is 5.56 Å². The summed E-state index contributed by atoms with van der Waals surface area (Å²) >= 11 is 0. The van der Waals surface area contributed by atoms with E-state index in [2.05, 4.69) is 10.1 Å². The number of aryl methyl sites for hydroxylation is 1.